The lowest BCUT2D eigenvalue weighted by Gasteiger charge is -2.23. The Kier molecular flexibility index (Phi) is 6.81. The van der Waals surface area contributed by atoms with Crippen LogP contribution in [-0.2, 0) is 11.3 Å². The molecule has 1 aromatic carbocycles. The van der Waals surface area contributed by atoms with Crippen molar-refractivity contribution in [2.24, 2.45) is 5.73 Å². The predicted octanol–water partition coefficient (Wildman–Crippen LogP) is 2.76. The summed E-state index contributed by atoms with van der Waals surface area (Å²) in [6, 6.07) is 6.77. The number of aromatic carboxylic acids is 1. The maximum absolute atomic E-state index is 12.1. The maximum atomic E-state index is 12.1. The van der Waals surface area contributed by atoms with Crippen molar-refractivity contribution < 1.29 is 14.7 Å². The van der Waals surface area contributed by atoms with Gasteiger partial charge in [-0.05, 0) is 44.4 Å². The highest BCUT2D eigenvalue weighted by Gasteiger charge is 2.24. The van der Waals surface area contributed by atoms with Gasteiger partial charge in [0.1, 0.15) is 5.82 Å². The van der Waals surface area contributed by atoms with Gasteiger partial charge in [0.2, 0.25) is 5.91 Å². The van der Waals surface area contributed by atoms with Gasteiger partial charge < -0.3 is 20.7 Å². The molecule has 0 bridgehead atoms. The van der Waals surface area contributed by atoms with Crippen molar-refractivity contribution >= 4 is 11.9 Å². The number of carbonyl (C=O) groups is 2. The van der Waals surface area contributed by atoms with E-state index in [0.717, 1.165) is 55.7 Å². The molecule has 3 rings (SSSR count). The summed E-state index contributed by atoms with van der Waals surface area (Å²) in [4.78, 5) is 27.9. The number of carbonyl (C=O) groups excluding carboxylic acids is 1. The number of nitrogens with one attached hydrogen (secondary N) is 1. The Morgan fingerprint density at radius 3 is 2.71 bits per heavy atom. The van der Waals surface area contributed by atoms with E-state index in [1.54, 1.807) is 24.3 Å². The lowest BCUT2D eigenvalue weighted by atomic mass is 9.99. The second-order valence-electron chi connectivity index (χ2n) is 7.30. The number of imidazole rings is 1. The van der Waals surface area contributed by atoms with Gasteiger partial charge >= 0.3 is 5.97 Å². The topological polar surface area (TPSA) is 110 Å². The molecule has 0 saturated heterocycles. The van der Waals surface area contributed by atoms with Crippen LogP contribution in [0.1, 0.15) is 60.6 Å². The SMILES string of the molecule is NCCCCCC(=O)NCC1CCCn2cc(-c3ccc(C(=O)O)cc3)nc21. The van der Waals surface area contributed by atoms with E-state index in [-0.39, 0.29) is 17.4 Å². The Morgan fingerprint density at radius 1 is 1.21 bits per heavy atom. The van der Waals surface area contributed by atoms with Crippen molar-refractivity contribution in [1.29, 1.82) is 0 Å². The molecule has 4 N–H and O–H groups in total. The Bertz CT molecular complexity index is 814. The molecule has 7 nitrogen and oxygen atoms in total. The molecular weight excluding hydrogens is 356 g/mol. The molecule has 28 heavy (non-hydrogen) atoms. The molecule has 1 amide bonds. The third kappa shape index (κ3) is 4.98. The summed E-state index contributed by atoms with van der Waals surface area (Å²) in [6.45, 7) is 2.19. The molecule has 0 saturated carbocycles. The van der Waals surface area contributed by atoms with E-state index in [2.05, 4.69) is 9.88 Å². The van der Waals surface area contributed by atoms with Crippen molar-refractivity contribution in [3.8, 4) is 11.3 Å². The summed E-state index contributed by atoms with van der Waals surface area (Å²) in [5, 5.41) is 12.1. The van der Waals surface area contributed by atoms with Gasteiger partial charge in [-0.3, -0.25) is 4.79 Å². The van der Waals surface area contributed by atoms with E-state index in [4.69, 9.17) is 15.8 Å². The number of hydrogen-bond acceptors (Lipinski definition) is 4. The normalized spacial score (nSPS) is 15.8. The fraction of sp³-hybridized carbons (Fsp3) is 0.476. The Morgan fingerprint density at radius 2 is 2.00 bits per heavy atom. The van der Waals surface area contributed by atoms with Crippen molar-refractivity contribution in [2.45, 2.75) is 51.0 Å². The van der Waals surface area contributed by atoms with Crippen LogP contribution < -0.4 is 11.1 Å². The zero-order chi connectivity index (χ0) is 19.9. The standard InChI is InChI=1S/C21H28N4O3/c22-11-3-1-2-6-19(26)23-13-17-5-4-12-25-14-18(24-20(17)25)15-7-9-16(10-8-15)21(27)28/h7-10,14,17H,1-6,11-13,22H2,(H,23,26)(H,27,28). The highest BCUT2D eigenvalue weighted by molar-refractivity contribution is 5.88. The summed E-state index contributed by atoms with van der Waals surface area (Å²) in [5.41, 5.74) is 7.48. The molecule has 2 heterocycles. The highest BCUT2D eigenvalue weighted by atomic mass is 16.4. The molecule has 1 aromatic heterocycles. The number of aryl methyl sites for hydroxylation is 1. The van der Waals surface area contributed by atoms with E-state index in [1.807, 2.05) is 6.20 Å². The lowest BCUT2D eigenvalue weighted by Crippen LogP contribution is -2.31. The number of rotatable bonds is 9. The smallest absolute Gasteiger partial charge is 0.335 e. The van der Waals surface area contributed by atoms with Crippen LogP contribution in [0.3, 0.4) is 0 Å². The van der Waals surface area contributed by atoms with Gasteiger partial charge in [0.15, 0.2) is 0 Å². The summed E-state index contributed by atoms with van der Waals surface area (Å²) >= 11 is 0. The molecule has 7 heteroatoms. The molecule has 0 aliphatic carbocycles. The number of nitrogens with two attached hydrogens (primary N) is 1. The number of hydrogen-bond donors (Lipinski definition) is 3. The number of carboxylic acid groups (broad SMARTS) is 1. The van der Waals surface area contributed by atoms with E-state index in [1.165, 1.54) is 0 Å². The summed E-state index contributed by atoms with van der Waals surface area (Å²) in [5.74, 6) is 0.348. The molecule has 0 radical (unpaired) electrons. The first-order valence-corrected chi connectivity index (χ1v) is 9.96. The fourth-order valence-corrected chi connectivity index (χ4v) is 3.62. The van der Waals surface area contributed by atoms with Crippen LogP contribution in [0.5, 0.6) is 0 Å². The van der Waals surface area contributed by atoms with Gasteiger partial charge in [-0.2, -0.15) is 0 Å². The Labute approximate surface area is 165 Å². The molecule has 1 atom stereocenters. The van der Waals surface area contributed by atoms with E-state index in [9.17, 15) is 9.59 Å². The third-order valence-electron chi connectivity index (χ3n) is 5.21. The number of nitrogens with zero attached hydrogens (tertiary/aromatic N) is 2. The summed E-state index contributed by atoms with van der Waals surface area (Å²) in [6.07, 6.45) is 7.44. The number of benzene rings is 1. The van der Waals surface area contributed by atoms with Crippen molar-refractivity contribution in [3.05, 3.63) is 41.9 Å². The summed E-state index contributed by atoms with van der Waals surface area (Å²) in [7, 11) is 0. The largest absolute Gasteiger partial charge is 0.478 e. The summed E-state index contributed by atoms with van der Waals surface area (Å²) < 4.78 is 2.15. The minimum atomic E-state index is -0.936. The Hall–Kier alpha value is -2.67. The highest BCUT2D eigenvalue weighted by Crippen LogP contribution is 2.29. The second kappa shape index (κ2) is 9.50. The molecule has 1 aliphatic rings. The molecule has 150 valence electrons. The van der Waals surface area contributed by atoms with E-state index < -0.39 is 5.97 Å². The van der Waals surface area contributed by atoms with Crippen LogP contribution in [-0.4, -0.2) is 39.6 Å². The van der Waals surface area contributed by atoms with Gasteiger partial charge in [-0.1, -0.05) is 18.6 Å². The van der Waals surface area contributed by atoms with Crippen molar-refractivity contribution in [2.75, 3.05) is 13.1 Å². The Balaban J connectivity index is 1.62. The van der Waals surface area contributed by atoms with Gasteiger partial charge in [0, 0.05) is 37.2 Å². The third-order valence-corrected chi connectivity index (χ3v) is 5.21. The van der Waals surface area contributed by atoms with Gasteiger partial charge in [0.25, 0.3) is 0 Å². The first-order chi connectivity index (χ1) is 13.6. The van der Waals surface area contributed by atoms with Crippen LogP contribution in [0.4, 0.5) is 0 Å². The van der Waals surface area contributed by atoms with E-state index in [0.29, 0.717) is 19.5 Å². The minimum absolute atomic E-state index is 0.0881. The monoisotopic (exact) mass is 384 g/mol. The second-order valence-corrected chi connectivity index (χ2v) is 7.30. The average Bonchev–Trinajstić information content (AvgIpc) is 3.14. The average molecular weight is 384 g/mol. The number of unbranched alkanes of at least 4 members (excludes halogenated alkanes) is 2. The van der Waals surface area contributed by atoms with Gasteiger partial charge in [0.05, 0.1) is 11.3 Å². The first kappa shape index (κ1) is 20.1. The molecule has 0 fully saturated rings. The number of carboxylic acids is 1. The van der Waals surface area contributed by atoms with Crippen LogP contribution in [0, 0.1) is 0 Å². The van der Waals surface area contributed by atoms with Crippen LogP contribution >= 0.6 is 0 Å². The molecular formula is C21H28N4O3. The minimum Gasteiger partial charge on any atom is -0.478 e. The lowest BCUT2D eigenvalue weighted by molar-refractivity contribution is -0.121. The van der Waals surface area contributed by atoms with E-state index >= 15 is 0 Å². The number of amides is 1. The molecule has 0 spiro atoms. The van der Waals surface area contributed by atoms with Crippen molar-refractivity contribution in [1.82, 2.24) is 14.9 Å². The zero-order valence-corrected chi connectivity index (χ0v) is 16.1. The predicted molar refractivity (Wildman–Crippen MR) is 107 cm³/mol. The van der Waals surface area contributed by atoms with Gasteiger partial charge in [-0.25, -0.2) is 9.78 Å². The number of aromatic nitrogens is 2. The maximum Gasteiger partial charge on any atom is 0.335 e. The zero-order valence-electron chi connectivity index (χ0n) is 16.1. The first-order valence-electron chi connectivity index (χ1n) is 9.96. The number of fused-ring (bicyclic) bond motifs is 1. The molecule has 1 aliphatic heterocycles. The molecule has 1 unspecified atom stereocenters. The van der Waals surface area contributed by atoms with Crippen LogP contribution in [0.2, 0.25) is 0 Å². The van der Waals surface area contributed by atoms with Crippen LogP contribution in [0.25, 0.3) is 11.3 Å². The van der Waals surface area contributed by atoms with Crippen LogP contribution in [0.15, 0.2) is 30.5 Å². The fourth-order valence-electron chi connectivity index (χ4n) is 3.62. The molecule has 2 aromatic rings. The quantitative estimate of drug-likeness (QED) is 0.576. The van der Waals surface area contributed by atoms with Gasteiger partial charge in [-0.15, -0.1) is 0 Å². The van der Waals surface area contributed by atoms with Crippen molar-refractivity contribution in [3.63, 3.8) is 0 Å².